The molecule has 0 fully saturated rings. The van der Waals surface area contributed by atoms with E-state index < -0.39 is 20.9 Å². The highest BCUT2D eigenvalue weighted by Crippen LogP contribution is 2.26. The molecule has 0 aliphatic heterocycles. The van der Waals surface area contributed by atoms with E-state index in [-0.39, 0.29) is 5.48 Å². The average molecular weight is 671 g/mol. The number of furan rings is 2. The maximum Gasteiger partial charge on any atom is 0.274 e. The number of nitrogens with one attached hydrogen (secondary N) is 4. The van der Waals surface area contributed by atoms with Crippen molar-refractivity contribution in [1.29, 1.82) is 0 Å². The van der Waals surface area contributed by atoms with Gasteiger partial charge in [-0.2, -0.15) is 0 Å². The summed E-state index contributed by atoms with van der Waals surface area (Å²) in [5, 5.41) is 32.0. The van der Waals surface area contributed by atoms with Crippen LogP contribution in [0.2, 0.25) is 0 Å². The minimum absolute atomic E-state index is 0. The van der Waals surface area contributed by atoms with Gasteiger partial charge in [-0.1, -0.05) is 0 Å². The molecule has 0 atom stereocenters. The van der Waals surface area contributed by atoms with E-state index in [1.807, 2.05) is 53.7 Å². The zero-order valence-corrected chi connectivity index (χ0v) is 28.8. The van der Waals surface area contributed by atoms with Crippen LogP contribution in [0.5, 0.6) is 0 Å². The Morgan fingerprint density at radius 2 is 1.13 bits per heavy atom. The first-order valence-electron chi connectivity index (χ1n) is 14.9. The SMILES string of the molecule is CN/C(=C\[N+](=O)[O-])NCCCOCc1cc(C)c(C(C)(C)N)o1.CN/C(=C\[N+](=O)[O-])NCCCOCc1cc(C)c(C(C)(C)N)o1.O. The summed E-state index contributed by atoms with van der Waals surface area (Å²) in [5.74, 6) is 3.75. The Morgan fingerprint density at radius 1 is 0.787 bits per heavy atom. The van der Waals surface area contributed by atoms with Gasteiger partial charge in [-0.05, 0) is 77.6 Å². The lowest BCUT2D eigenvalue weighted by molar-refractivity contribution is -0.404. The number of aryl methyl sites for hydroxylation is 2. The third kappa shape index (κ3) is 17.4. The number of hydrogen-bond acceptors (Lipinski definition) is 14. The number of nitrogens with zero attached hydrogens (tertiary/aromatic N) is 2. The summed E-state index contributed by atoms with van der Waals surface area (Å²) in [5.41, 5.74) is 13.1. The van der Waals surface area contributed by atoms with E-state index in [4.69, 9.17) is 29.8 Å². The molecular weight excluding hydrogens is 616 g/mol. The molecule has 0 unspecified atom stereocenters. The summed E-state index contributed by atoms with van der Waals surface area (Å²) < 4.78 is 22.5. The first-order chi connectivity index (χ1) is 21.5. The maximum atomic E-state index is 10.4. The second-order valence-corrected chi connectivity index (χ2v) is 11.7. The van der Waals surface area contributed by atoms with Gasteiger partial charge >= 0.3 is 0 Å². The van der Waals surface area contributed by atoms with Crippen LogP contribution in [-0.4, -0.2) is 55.7 Å². The number of rotatable bonds is 20. The molecule has 0 saturated carbocycles. The third-order valence-corrected chi connectivity index (χ3v) is 6.17. The van der Waals surface area contributed by atoms with Crippen LogP contribution in [0.3, 0.4) is 0 Å². The van der Waals surface area contributed by atoms with Gasteiger partial charge in [0.1, 0.15) is 36.3 Å². The van der Waals surface area contributed by atoms with Gasteiger partial charge in [-0.15, -0.1) is 0 Å². The van der Waals surface area contributed by atoms with Crippen molar-refractivity contribution in [3.05, 3.63) is 90.6 Å². The zero-order valence-electron chi connectivity index (χ0n) is 28.8. The van der Waals surface area contributed by atoms with Gasteiger partial charge in [-0.3, -0.25) is 20.2 Å². The van der Waals surface area contributed by atoms with Crippen molar-refractivity contribution in [3.63, 3.8) is 0 Å². The minimum atomic E-state index is -0.515. The Kier molecular flexibility index (Phi) is 19.0. The molecule has 2 rings (SSSR count). The van der Waals surface area contributed by atoms with Gasteiger partial charge in [0.05, 0.1) is 20.9 Å². The minimum Gasteiger partial charge on any atom is -0.461 e. The van der Waals surface area contributed by atoms with Crippen LogP contribution in [0.4, 0.5) is 0 Å². The number of nitro groups is 2. The lowest BCUT2D eigenvalue weighted by Crippen LogP contribution is -2.28. The molecule has 0 spiro atoms. The summed E-state index contributed by atoms with van der Waals surface area (Å²) in [6, 6.07) is 3.86. The van der Waals surface area contributed by atoms with Gasteiger partial charge in [0.2, 0.25) is 0 Å². The van der Waals surface area contributed by atoms with Crippen LogP contribution in [0.15, 0.2) is 45.0 Å². The molecule has 2 aromatic rings. The Labute approximate surface area is 276 Å². The summed E-state index contributed by atoms with van der Waals surface area (Å²) in [6.07, 6.45) is 3.21. The van der Waals surface area contributed by atoms with Crippen LogP contribution in [0.25, 0.3) is 0 Å². The van der Waals surface area contributed by atoms with E-state index >= 15 is 0 Å². The van der Waals surface area contributed by atoms with Gasteiger partial charge in [0, 0.05) is 40.4 Å². The standard InChI is InChI=1S/2C15H26N4O4.H2O/c2*1-11-8-12(23-14(11)15(2,3)16)10-22-7-5-6-18-13(17-4)9-19(20)21;/h2*8-9,17-18H,5-7,10,16H2,1-4H3;1H2/b2*13-9+;. The van der Waals surface area contributed by atoms with Crippen LogP contribution >= 0.6 is 0 Å². The molecule has 0 aliphatic rings. The van der Waals surface area contributed by atoms with E-state index in [0.717, 1.165) is 46.6 Å². The van der Waals surface area contributed by atoms with E-state index in [2.05, 4.69) is 21.3 Å². The molecule has 268 valence electrons. The maximum absolute atomic E-state index is 10.4. The molecule has 17 heteroatoms. The monoisotopic (exact) mass is 670 g/mol. The molecule has 17 nitrogen and oxygen atoms in total. The largest absolute Gasteiger partial charge is 0.461 e. The van der Waals surface area contributed by atoms with Crippen LogP contribution in [-0.2, 0) is 33.8 Å². The van der Waals surface area contributed by atoms with E-state index in [0.29, 0.717) is 64.0 Å². The lowest BCUT2D eigenvalue weighted by atomic mass is 10.0. The van der Waals surface area contributed by atoms with Crippen LogP contribution in [0, 0.1) is 34.1 Å². The van der Waals surface area contributed by atoms with Crippen molar-refractivity contribution in [1.82, 2.24) is 21.3 Å². The Balaban J connectivity index is 0.000000882. The summed E-state index contributed by atoms with van der Waals surface area (Å²) in [7, 11) is 3.24. The van der Waals surface area contributed by atoms with E-state index in [1.165, 1.54) is 0 Å². The number of ether oxygens (including phenoxy) is 2. The molecule has 0 aliphatic carbocycles. The topological polar surface area (TPSA) is 263 Å². The third-order valence-electron chi connectivity index (χ3n) is 6.17. The Hall–Kier alpha value is -4.16. The van der Waals surface area contributed by atoms with Crippen molar-refractivity contribution >= 4 is 0 Å². The highest BCUT2D eigenvalue weighted by molar-refractivity contribution is 5.25. The summed E-state index contributed by atoms with van der Waals surface area (Å²) >= 11 is 0. The molecule has 2 aromatic heterocycles. The fraction of sp³-hybridized carbons (Fsp3) is 0.600. The summed E-state index contributed by atoms with van der Waals surface area (Å²) in [6.45, 7) is 14.4. The molecule has 47 heavy (non-hydrogen) atoms. The molecule has 0 radical (unpaired) electrons. The molecule has 2 heterocycles. The van der Waals surface area contributed by atoms with Crippen molar-refractivity contribution in [2.45, 2.75) is 78.7 Å². The van der Waals surface area contributed by atoms with Crippen molar-refractivity contribution < 1.29 is 33.6 Å². The lowest BCUT2D eigenvalue weighted by Gasteiger charge is -2.16. The van der Waals surface area contributed by atoms with Gasteiger partial charge in [-0.25, -0.2) is 0 Å². The normalized spacial score (nSPS) is 12.0. The number of nitrogens with two attached hydrogens (primary N) is 2. The van der Waals surface area contributed by atoms with Crippen molar-refractivity contribution in [2.24, 2.45) is 11.5 Å². The van der Waals surface area contributed by atoms with Gasteiger partial charge in [0.25, 0.3) is 12.4 Å². The first kappa shape index (κ1) is 42.8. The highest BCUT2D eigenvalue weighted by Gasteiger charge is 2.23. The summed E-state index contributed by atoms with van der Waals surface area (Å²) in [4.78, 5) is 19.7. The zero-order chi connectivity index (χ0) is 34.9. The number of hydrogen-bond donors (Lipinski definition) is 6. The Morgan fingerprint density at radius 3 is 1.38 bits per heavy atom. The quantitative estimate of drug-likeness (QED) is 0.0671. The van der Waals surface area contributed by atoms with E-state index in [1.54, 1.807) is 14.1 Å². The molecule has 10 N–H and O–H groups in total. The molecule has 0 saturated heterocycles. The fourth-order valence-corrected chi connectivity index (χ4v) is 4.27. The smallest absolute Gasteiger partial charge is 0.274 e. The van der Waals surface area contributed by atoms with Crippen molar-refractivity contribution in [3.8, 4) is 0 Å². The second kappa shape index (κ2) is 20.9. The van der Waals surface area contributed by atoms with Gasteiger partial charge < -0.3 is 56.5 Å². The van der Waals surface area contributed by atoms with Crippen molar-refractivity contribution in [2.75, 3.05) is 40.4 Å². The predicted molar refractivity (Wildman–Crippen MR) is 178 cm³/mol. The van der Waals surface area contributed by atoms with Crippen LogP contribution < -0.4 is 32.7 Å². The fourth-order valence-electron chi connectivity index (χ4n) is 4.27. The van der Waals surface area contributed by atoms with Gasteiger partial charge in [0.15, 0.2) is 11.6 Å². The highest BCUT2D eigenvalue weighted by atomic mass is 16.6. The molecular formula is C30H54N8O9. The molecule has 0 bridgehead atoms. The van der Waals surface area contributed by atoms with Crippen LogP contribution in [0.1, 0.15) is 74.7 Å². The second-order valence-electron chi connectivity index (χ2n) is 11.7. The molecule has 0 amide bonds. The predicted octanol–water partition coefficient (Wildman–Crippen LogP) is 2.32. The average Bonchev–Trinajstić information content (AvgIpc) is 3.52. The van der Waals surface area contributed by atoms with E-state index in [9.17, 15) is 20.2 Å². The first-order valence-corrected chi connectivity index (χ1v) is 14.9. The Bertz CT molecular complexity index is 1190. The molecule has 0 aromatic carbocycles.